The molecule has 2 nitrogen and oxygen atoms in total. The summed E-state index contributed by atoms with van der Waals surface area (Å²) in [6, 6.07) is 6.83. The molecule has 0 spiro atoms. The van der Waals surface area contributed by atoms with Crippen LogP contribution in [-0.4, -0.2) is 12.6 Å². The van der Waals surface area contributed by atoms with E-state index >= 15 is 0 Å². The van der Waals surface area contributed by atoms with Crippen molar-refractivity contribution < 1.29 is 4.42 Å². The third-order valence-corrected chi connectivity index (χ3v) is 3.43. The molecule has 0 fully saturated rings. The van der Waals surface area contributed by atoms with Gasteiger partial charge in [-0.3, -0.25) is 0 Å². The Morgan fingerprint density at radius 2 is 2.19 bits per heavy atom. The highest BCUT2D eigenvalue weighted by Gasteiger charge is 2.07. The highest BCUT2D eigenvalue weighted by molar-refractivity contribution is 14.1. The van der Waals surface area contributed by atoms with Crippen molar-refractivity contribution in [2.24, 2.45) is 0 Å². The molecule has 0 bridgehead atoms. The van der Waals surface area contributed by atoms with Gasteiger partial charge < -0.3 is 9.73 Å². The van der Waals surface area contributed by atoms with Crippen molar-refractivity contribution in [3.05, 3.63) is 33.6 Å². The molecule has 3 heteroatoms. The lowest BCUT2D eigenvalue weighted by molar-refractivity contribution is 0.580. The maximum atomic E-state index is 5.60. The Balaban J connectivity index is 2.16. The quantitative estimate of drug-likeness (QED) is 0.868. The van der Waals surface area contributed by atoms with E-state index < -0.39 is 0 Å². The van der Waals surface area contributed by atoms with Crippen molar-refractivity contribution in [2.45, 2.75) is 26.3 Å². The molecule has 1 heterocycles. The fourth-order valence-corrected chi connectivity index (χ4v) is 2.39. The van der Waals surface area contributed by atoms with E-state index in [1.807, 2.05) is 6.26 Å². The molecule has 2 rings (SSSR count). The predicted molar refractivity (Wildman–Crippen MR) is 75.8 cm³/mol. The molecule has 0 saturated heterocycles. The molecule has 86 valence electrons. The zero-order valence-electron chi connectivity index (χ0n) is 9.59. The minimum atomic E-state index is 0.540. The molecule has 1 N–H and O–H groups in total. The molecule has 1 aromatic heterocycles. The van der Waals surface area contributed by atoms with E-state index in [2.05, 4.69) is 60.0 Å². The second-order valence-corrected chi connectivity index (χ2v) is 5.40. The van der Waals surface area contributed by atoms with Gasteiger partial charge >= 0.3 is 0 Å². The molecule has 0 radical (unpaired) electrons. The van der Waals surface area contributed by atoms with E-state index in [-0.39, 0.29) is 0 Å². The summed E-state index contributed by atoms with van der Waals surface area (Å²) >= 11 is 2.31. The minimum absolute atomic E-state index is 0.540. The highest BCUT2D eigenvalue weighted by Crippen LogP contribution is 2.25. The van der Waals surface area contributed by atoms with Crippen LogP contribution in [0.4, 0.5) is 0 Å². The van der Waals surface area contributed by atoms with Gasteiger partial charge in [-0.25, -0.2) is 0 Å². The van der Waals surface area contributed by atoms with Crippen LogP contribution >= 0.6 is 22.6 Å². The summed E-state index contributed by atoms with van der Waals surface area (Å²) < 4.78 is 6.78. The summed E-state index contributed by atoms with van der Waals surface area (Å²) in [7, 11) is 0. The Kier molecular flexibility index (Phi) is 3.86. The van der Waals surface area contributed by atoms with Crippen LogP contribution in [0.15, 0.2) is 28.9 Å². The number of furan rings is 1. The SMILES string of the molecule is CC(C)NCCc1coc2c(I)cccc12. The van der Waals surface area contributed by atoms with Crippen molar-refractivity contribution in [1.29, 1.82) is 0 Å². The monoisotopic (exact) mass is 329 g/mol. The molecule has 0 aliphatic rings. The lowest BCUT2D eigenvalue weighted by atomic mass is 10.1. The van der Waals surface area contributed by atoms with Crippen molar-refractivity contribution in [2.75, 3.05) is 6.54 Å². The number of fused-ring (bicyclic) bond motifs is 1. The van der Waals surface area contributed by atoms with Crippen molar-refractivity contribution in [3.63, 3.8) is 0 Å². The summed E-state index contributed by atoms with van der Waals surface area (Å²) in [5, 5.41) is 4.67. The smallest absolute Gasteiger partial charge is 0.147 e. The van der Waals surface area contributed by atoms with Crippen LogP contribution in [0.25, 0.3) is 11.0 Å². The number of rotatable bonds is 4. The third-order valence-electron chi connectivity index (χ3n) is 2.58. The van der Waals surface area contributed by atoms with Crippen LogP contribution in [0.5, 0.6) is 0 Å². The van der Waals surface area contributed by atoms with Gasteiger partial charge in [-0.15, -0.1) is 0 Å². The normalized spacial score (nSPS) is 11.5. The van der Waals surface area contributed by atoms with Crippen molar-refractivity contribution >= 4 is 33.6 Å². The fraction of sp³-hybridized carbons (Fsp3) is 0.385. The molecule has 0 amide bonds. The van der Waals surface area contributed by atoms with Gasteiger partial charge in [0.25, 0.3) is 0 Å². The first-order valence-corrected chi connectivity index (χ1v) is 6.64. The Bertz CT molecular complexity index is 476. The van der Waals surface area contributed by atoms with Gasteiger partial charge in [0.1, 0.15) is 5.58 Å². The first-order chi connectivity index (χ1) is 7.68. The van der Waals surface area contributed by atoms with Crippen LogP contribution < -0.4 is 5.32 Å². The van der Waals surface area contributed by atoms with Gasteiger partial charge in [0.2, 0.25) is 0 Å². The summed E-state index contributed by atoms with van der Waals surface area (Å²) in [6.45, 7) is 5.32. The van der Waals surface area contributed by atoms with Crippen molar-refractivity contribution in [3.8, 4) is 0 Å². The largest absolute Gasteiger partial charge is 0.463 e. The number of nitrogens with one attached hydrogen (secondary N) is 1. The predicted octanol–water partition coefficient (Wildman–Crippen LogP) is 3.58. The van der Waals surface area contributed by atoms with Gasteiger partial charge in [0, 0.05) is 11.4 Å². The molecule has 0 aliphatic heterocycles. The van der Waals surface area contributed by atoms with E-state index in [9.17, 15) is 0 Å². The van der Waals surface area contributed by atoms with Crippen LogP contribution in [0.1, 0.15) is 19.4 Å². The molecule has 0 aliphatic carbocycles. The Hall–Kier alpha value is -0.550. The van der Waals surface area contributed by atoms with Gasteiger partial charge in [0.05, 0.1) is 9.83 Å². The Morgan fingerprint density at radius 1 is 1.38 bits per heavy atom. The van der Waals surface area contributed by atoms with Crippen LogP contribution in [0.3, 0.4) is 0 Å². The van der Waals surface area contributed by atoms with E-state index in [1.54, 1.807) is 0 Å². The second-order valence-electron chi connectivity index (χ2n) is 4.24. The highest BCUT2D eigenvalue weighted by atomic mass is 127. The molecule has 16 heavy (non-hydrogen) atoms. The zero-order chi connectivity index (χ0) is 11.5. The first-order valence-electron chi connectivity index (χ1n) is 5.56. The average Bonchev–Trinajstić information content (AvgIpc) is 2.63. The molecule has 0 unspecified atom stereocenters. The lowest BCUT2D eigenvalue weighted by Crippen LogP contribution is -2.24. The Labute approximate surface area is 110 Å². The molecule has 2 aromatic rings. The maximum Gasteiger partial charge on any atom is 0.147 e. The van der Waals surface area contributed by atoms with E-state index in [0.29, 0.717) is 6.04 Å². The summed E-state index contributed by atoms with van der Waals surface area (Å²) in [5.41, 5.74) is 2.31. The zero-order valence-corrected chi connectivity index (χ0v) is 11.7. The van der Waals surface area contributed by atoms with Crippen LogP contribution in [0.2, 0.25) is 0 Å². The van der Waals surface area contributed by atoms with E-state index in [1.165, 1.54) is 14.5 Å². The number of halogens is 1. The molecular weight excluding hydrogens is 313 g/mol. The van der Waals surface area contributed by atoms with Gasteiger partial charge in [0.15, 0.2) is 0 Å². The van der Waals surface area contributed by atoms with Gasteiger partial charge in [-0.1, -0.05) is 26.0 Å². The topological polar surface area (TPSA) is 25.2 Å². The van der Waals surface area contributed by atoms with Gasteiger partial charge in [-0.2, -0.15) is 0 Å². The number of hydrogen-bond donors (Lipinski definition) is 1. The molecule has 0 saturated carbocycles. The number of hydrogen-bond acceptors (Lipinski definition) is 2. The van der Waals surface area contributed by atoms with E-state index in [4.69, 9.17) is 4.42 Å². The average molecular weight is 329 g/mol. The second kappa shape index (κ2) is 5.19. The third kappa shape index (κ3) is 2.58. The Morgan fingerprint density at radius 3 is 2.94 bits per heavy atom. The maximum absolute atomic E-state index is 5.60. The van der Waals surface area contributed by atoms with Crippen LogP contribution in [-0.2, 0) is 6.42 Å². The van der Waals surface area contributed by atoms with Crippen molar-refractivity contribution in [1.82, 2.24) is 5.32 Å². The van der Waals surface area contributed by atoms with E-state index in [0.717, 1.165) is 18.5 Å². The fourth-order valence-electron chi connectivity index (χ4n) is 1.76. The summed E-state index contributed by atoms with van der Waals surface area (Å²) in [5.74, 6) is 0. The molecular formula is C13H16INO. The minimum Gasteiger partial charge on any atom is -0.463 e. The van der Waals surface area contributed by atoms with Gasteiger partial charge in [-0.05, 0) is 47.2 Å². The number of benzene rings is 1. The number of para-hydroxylation sites is 1. The summed E-state index contributed by atoms with van der Waals surface area (Å²) in [4.78, 5) is 0. The van der Waals surface area contributed by atoms with Crippen LogP contribution in [0, 0.1) is 3.57 Å². The lowest BCUT2D eigenvalue weighted by Gasteiger charge is -2.06. The standard InChI is InChI=1S/C13H16INO/c1-9(2)15-7-6-10-8-16-13-11(10)4-3-5-12(13)14/h3-5,8-9,15H,6-7H2,1-2H3. The first kappa shape index (κ1) is 11.9. The molecule has 1 aromatic carbocycles. The summed E-state index contributed by atoms with van der Waals surface area (Å²) in [6.07, 6.45) is 2.90. The molecule has 0 atom stereocenters.